The summed E-state index contributed by atoms with van der Waals surface area (Å²) < 4.78 is 5.16. The molecular weight excluding hydrogens is 443 g/mol. The first-order valence-electron chi connectivity index (χ1n) is 9.62. The van der Waals surface area contributed by atoms with Crippen LogP contribution in [0, 0.1) is 5.92 Å². The number of hydrogen-bond acceptors (Lipinski definition) is 4. The molecule has 2 amide bonds. The minimum absolute atomic E-state index is 0.0435. The number of aliphatic carboxylic acids is 1. The maximum atomic E-state index is 12.8. The van der Waals surface area contributed by atoms with Crippen LogP contribution in [-0.2, 0) is 27.4 Å². The van der Waals surface area contributed by atoms with Crippen molar-refractivity contribution in [3.8, 4) is 0 Å². The number of alkyl carbamates (subject to hydrolysis) is 1. The van der Waals surface area contributed by atoms with Gasteiger partial charge in [-0.1, -0.05) is 73.4 Å². The van der Waals surface area contributed by atoms with E-state index in [4.69, 9.17) is 27.9 Å². The lowest BCUT2D eigenvalue weighted by atomic mass is 10.0. The van der Waals surface area contributed by atoms with Gasteiger partial charge in [0.2, 0.25) is 5.91 Å². The Bertz CT molecular complexity index is 901. The van der Waals surface area contributed by atoms with Crippen LogP contribution >= 0.6 is 23.2 Å². The molecule has 166 valence electrons. The Hall–Kier alpha value is -2.77. The van der Waals surface area contributed by atoms with Crippen molar-refractivity contribution >= 4 is 41.2 Å². The molecule has 2 rings (SSSR count). The molecule has 2 atom stereocenters. The standard InChI is InChI=1S/C22H24Cl2N2O5/c1-13(2)19(26-22(30)31-12-14-7-4-3-5-8-14)20(27)25-18(21(28)29)11-15-16(23)9-6-10-17(15)24/h3-10,13,18-19H,11-12H2,1-2H3,(H,25,27)(H,26,30)(H,28,29)/t18-,19-/m1/s1. The predicted molar refractivity (Wildman–Crippen MR) is 118 cm³/mol. The Morgan fingerprint density at radius 2 is 1.58 bits per heavy atom. The van der Waals surface area contributed by atoms with E-state index in [-0.39, 0.29) is 18.9 Å². The average molecular weight is 467 g/mol. The maximum Gasteiger partial charge on any atom is 0.408 e. The summed E-state index contributed by atoms with van der Waals surface area (Å²) in [6.07, 6.45) is -0.887. The molecule has 0 aliphatic rings. The number of amides is 2. The zero-order chi connectivity index (χ0) is 23.0. The van der Waals surface area contributed by atoms with Crippen LogP contribution in [0.4, 0.5) is 4.79 Å². The van der Waals surface area contributed by atoms with Gasteiger partial charge >= 0.3 is 12.1 Å². The molecule has 0 fully saturated rings. The van der Waals surface area contributed by atoms with Crippen LogP contribution in [0.15, 0.2) is 48.5 Å². The van der Waals surface area contributed by atoms with Crippen LogP contribution in [0.25, 0.3) is 0 Å². The molecule has 0 heterocycles. The highest BCUT2D eigenvalue weighted by Gasteiger charge is 2.30. The minimum atomic E-state index is -1.28. The van der Waals surface area contributed by atoms with Gasteiger partial charge in [0.25, 0.3) is 0 Å². The Morgan fingerprint density at radius 1 is 0.968 bits per heavy atom. The molecule has 0 saturated carbocycles. The van der Waals surface area contributed by atoms with Crippen LogP contribution in [-0.4, -0.2) is 35.2 Å². The lowest BCUT2D eigenvalue weighted by molar-refractivity contribution is -0.142. The Labute approximate surface area is 190 Å². The molecule has 2 aromatic rings. The van der Waals surface area contributed by atoms with Crippen LogP contribution in [0.2, 0.25) is 10.0 Å². The monoisotopic (exact) mass is 466 g/mol. The molecule has 0 saturated heterocycles. The Kier molecular flexibility index (Phi) is 9.15. The Morgan fingerprint density at radius 3 is 2.13 bits per heavy atom. The second-order valence-corrected chi connectivity index (χ2v) is 8.05. The van der Waals surface area contributed by atoms with Crippen LogP contribution in [0.3, 0.4) is 0 Å². The highest BCUT2D eigenvalue weighted by atomic mass is 35.5. The highest BCUT2D eigenvalue weighted by Crippen LogP contribution is 2.25. The molecule has 3 N–H and O–H groups in total. The van der Waals surface area contributed by atoms with Crippen LogP contribution < -0.4 is 10.6 Å². The van der Waals surface area contributed by atoms with E-state index < -0.39 is 30.1 Å². The summed E-state index contributed by atoms with van der Waals surface area (Å²) in [5, 5.41) is 15.1. The van der Waals surface area contributed by atoms with Crippen molar-refractivity contribution in [1.82, 2.24) is 10.6 Å². The molecule has 0 aliphatic carbocycles. The molecule has 0 aromatic heterocycles. The van der Waals surface area contributed by atoms with Gasteiger partial charge in [-0.2, -0.15) is 0 Å². The van der Waals surface area contributed by atoms with Crippen molar-refractivity contribution in [3.63, 3.8) is 0 Å². The third kappa shape index (κ3) is 7.45. The van der Waals surface area contributed by atoms with E-state index in [1.807, 2.05) is 18.2 Å². The van der Waals surface area contributed by atoms with Gasteiger partial charge < -0.3 is 20.5 Å². The molecule has 2 aromatic carbocycles. The smallest absolute Gasteiger partial charge is 0.408 e. The summed E-state index contributed by atoms with van der Waals surface area (Å²) in [5.41, 5.74) is 1.21. The molecule has 0 spiro atoms. The Balaban J connectivity index is 2.03. The summed E-state index contributed by atoms with van der Waals surface area (Å²) in [4.78, 5) is 36.7. The average Bonchev–Trinajstić information content (AvgIpc) is 2.72. The first-order chi connectivity index (χ1) is 14.7. The maximum absolute atomic E-state index is 12.8. The molecule has 0 radical (unpaired) electrons. The number of carboxylic acid groups (broad SMARTS) is 1. The molecular formula is C22H24Cl2N2O5. The van der Waals surface area contributed by atoms with Gasteiger partial charge in [0.1, 0.15) is 18.7 Å². The molecule has 0 bridgehead atoms. The molecule has 9 heteroatoms. The number of nitrogens with one attached hydrogen (secondary N) is 2. The number of halogens is 2. The largest absolute Gasteiger partial charge is 0.480 e. The fourth-order valence-corrected chi connectivity index (χ4v) is 3.37. The summed E-state index contributed by atoms with van der Waals surface area (Å²) in [6.45, 7) is 3.49. The molecule has 0 unspecified atom stereocenters. The normalized spacial score (nSPS) is 12.7. The lowest BCUT2D eigenvalue weighted by Gasteiger charge is -2.24. The van der Waals surface area contributed by atoms with E-state index in [0.29, 0.717) is 15.6 Å². The quantitative estimate of drug-likeness (QED) is 0.516. The van der Waals surface area contributed by atoms with Crippen molar-refractivity contribution in [3.05, 3.63) is 69.7 Å². The number of hydrogen-bond donors (Lipinski definition) is 3. The predicted octanol–water partition coefficient (Wildman–Crippen LogP) is 4.06. The number of carboxylic acids is 1. The molecule has 31 heavy (non-hydrogen) atoms. The van der Waals surface area contributed by atoms with E-state index >= 15 is 0 Å². The van der Waals surface area contributed by atoms with Gasteiger partial charge in [0.15, 0.2) is 0 Å². The number of carbonyl (C=O) groups is 3. The van der Waals surface area contributed by atoms with E-state index in [9.17, 15) is 19.5 Å². The van der Waals surface area contributed by atoms with Crippen LogP contribution in [0.5, 0.6) is 0 Å². The van der Waals surface area contributed by atoms with Gasteiger partial charge in [0, 0.05) is 16.5 Å². The third-order valence-electron chi connectivity index (χ3n) is 4.52. The highest BCUT2D eigenvalue weighted by molar-refractivity contribution is 6.36. The van der Waals surface area contributed by atoms with E-state index in [1.54, 1.807) is 44.2 Å². The topological polar surface area (TPSA) is 105 Å². The van der Waals surface area contributed by atoms with E-state index in [1.165, 1.54) is 0 Å². The summed E-state index contributed by atoms with van der Waals surface area (Å²) in [6, 6.07) is 11.6. The van der Waals surface area contributed by atoms with Crippen LogP contribution in [0.1, 0.15) is 25.0 Å². The van der Waals surface area contributed by atoms with Gasteiger partial charge in [-0.15, -0.1) is 0 Å². The third-order valence-corrected chi connectivity index (χ3v) is 5.23. The van der Waals surface area contributed by atoms with E-state index in [0.717, 1.165) is 5.56 Å². The zero-order valence-corrected chi connectivity index (χ0v) is 18.6. The molecule has 7 nitrogen and oxygen atoms in total. The number of rotatable bonds is 9. The molecule has 0 aliphatic heterocycles. The second-order valence-electron chi connectivity index (χ2n) is 7.23. The number of carbonyl (C=O) groups excluding carboxylic acids is 2. The van der Waals surface area contributed by atoms with Gasteiger partial charge in [-0.3, -0.25) is 4.79 Å². The fraction of sp³-hybridized carbons (Fsp3) is 0.318. The minimum Gasteiger partial charge on any atom is -0.480 e. The fourth-order valence-electron chi connectivity index (χ4n) is 2.82. The van der Waals surface area contributed by atoms with Gasteiger partial charge in [-0.05, 0) is 29.2 Å². The number of ether oxygens (including phenoxy) is 1. The SMILES string of the molecule is CC(C)[C@@H](NC(=O)OCc1ccccc1)C(=O)N[C@H](Cc1c(Cl)cccc1Cl)C(=O)O. The summed E-state index contributed by atoms with van der Waals surface area (Å²) >= 11 is 12.2. The second kappa shape index (κ2) is 11.6. The van der Waals surface area contributed by atoms with Crippen molar-refractivity contribution in [2.75, 3.05) is 0 Å². The lowest BCUT2D eigenvalue weighted by Crippen LogP contribution is -2.54. The first-order valence-corrected chi connectivity index (χ1v) is 10.4. The van der Waals surface area contributed by atoms with Crippen molar-refractivity contribution < 1.29 is 24.2 Å². The zero-order valence-electron chi connectivity index (χ0n) is 17.1. The van der Waals surface area contributed by atoms with Crippen molar-refractivity contribution in [2.45, 2.75) is 39.0 Å². The summed E-state index contributed by atoms with van der Waals surface area (Å²) in [7, 11) is 0. The van der Waals surface area contributed by atoms with Gasteiger partial charge in [-0.25, -0.2) is 9.59 Å². The number of benzene rings is 2. The summed E-state index contributed by atoms with van der Waals surface area (Å²) in [5.74, 6) is -2.22. The van der Waals surface area contributed by atoms with Gasteiger partial charge in [0.05, 0.1) is 0 Å². The van der Waals surface area contributed by atoms with Crippen molar-refractivity contribution in [1.29, 1.82) is 0 Å². The first kappa shape index (κ1) is 24.5. The van der Waals surface area contributed by atoms with Crippen molar-refractivity contribution in [2.24, 2.45) is 5.92 Å². The van der Waals surface area contributed by atoms with E-state index in [2.05, 4.69) is 10.6 Å².